The summed E-state index contributed by atoms with van der Waals surface area (Å²) >= 11 is 0. The molecule has 0 radical (unpaired) electrons. The molecule has 0 aromatic carbocycles. The number of piperazine rings is 1. The van der Waals surface area contributed by atoms with Gasteiger partial charge in [0.05, 0.1) is 0 Å². The van der Waals surface area contributed by atoms with Gasteiger partial charge >= 0.3 is 0 Å². The second kappa shape index (κ2) is 7.74. The molecule has 0 atom stereocenters. The number of likely N-dealkylation sites (tertiary alicyclic amines) is 1. The Morgan fingerprint density at radius 2 is 1.61 bits per heavy atom. The van der Waals surface area contributed by atoms with E-state index in [1.54, 1.807) is 0 Å². The van der Waals surface area contributed by atoms with Crippen molar-refractivity contribution in [1.29, 1.82) is 0 Å². The lowest BCUT2D eigenvalue weighted by molar-refractivity contribution is -0.131. The Morgan fingerprint density at radius 1 is 0.944 bits per heavy atom. The van der Waals surface area contributed by atoms with Crippen molar-refractivity contribution in [3.05, 3.63) is 0 Å². The summed E-state index contributed by atoms with van der Waals surface area (Å²) in [4.78, 5) is 16.6. The molecule has 2 heterocycles. The average molecular weight is 253 g/mol. The molecule has 0 aliphatic carbocycles. The van der Waals surface area contributed by atoms with Crippen LogP contribution in [0.3, 0.4) is 0 Å². The minimum Gasteiger partial charge on any atom is -0.343 e. The highest BCUT2D eigenvalue weighted by Crippen LogP contribution is 2.11. The molecule has 1 N–H and O–H groups in total. The molecule has 0 saturated carbocycles. The molecule has 2 saturated heterocycles. The molecule has 0 unspecified atom stereocenters. The number of nitrogens with one attached hydrogen (secondary N) is 1. The average Bonchev–Trinajstić information content (AvgIpc) is 2.69. The van der Waals surface area contributed by atoms with Gasteiger partial charge in [-0.2, -0.15) is 0 Å². The third-order valence-electron chi connectivity index (χ3n) is 4.03. The van der Waals surface area contributed by atoms with Gasteiger partial charge in [-0.3, -0.25) is 4.79 Å². The van der Waals surface area contributed by atoms with Crippen LogP contribution in [0.5, 0.6) is 0 Å². The first kappa shape index (κ1) is 13.8. The van der Waals surface area contributed by atoms with Crippen LogP contribution in [0.15, 0.2) is 0 Å². The summed E-state index contributed by atoms with van der Waals surface area (Å²) in [6.45, 7) is 7.54. The van der Waals surface area contributed by atoms with Gasteiger partial charge < -0.3 is 15.1 Å². The predicted octanol–water partition coefficient (Wildman–Crippen LogP) is 1.07. The number of amides is 1. The van der Waals surface area contributed by atoms with Gasteiger partial charge in [0.2, 0.25) is 5.91 Å². The standard InChI is InChI=1S/C14H27N3O/c18-14(17-10-3-1-2-4-11-17)6-5-9-16-12-7-15-8-13-16/h15H,1-13H2. The summed E-state index contributed by atoms with van der Waals surface area (Å²) in [7, 11) is 0. The van der Waals surface area contributed by atoms with E-state index < -0.39 is 0 Å². The molecule has 0 aromatic heterocycles. The van der Waals surface area contributed by atoms with Gasteiger partial charge in [0.25, 0.3) is 0 Å². The predicted molar refractivity (Wildman–Crippen MR) is 73.6 cm³/mol. The van der Waals surface area contributed by atoms with Crippen molar-refractivity contribution in [3.8, 4) is 0 Å². The van der Waals surface area contributed by atoms with Crippen molar-refractivity contribution >= 4 is 5.91 Å². The first-order valence-electron chi connectivity index (χ1n) is 7.57. The van der Waals surface area contributed by atoms with Crippen LogP contribution in [0.25, 0.3) is 0 Å². The van der Waals surface area contributed by atoms with Gasteiger partial charge in [0.15, 0.2) is 0 Å². The number of hydrogen-bond donors (Lipinski definition) is 1. The minimum absolute atomic E-state index is 0.382. The summed E-state index contributed by atoms with van der Waals surface area (Å²) in [5.74, 6) is 0.382. The molecule has 2 fully saturated rings. The van der Waals surface area contributed by atoms with Crippen molar-refractivity contribution in [1.82, 2.24) is 15.1 Å². The molecule has 104 valence electrons. The monoisotopic (exact) mass is 253 g/mol. The molecule has 4 nitrogen and oxygen atoms in total. The van der Waals surface area contributed by atoms with Crippen LogP contribution in [0.2, 0.25) is 0 Å². The molecular weight excluding hydrogens is 226 g/mol. The van der Waals surface area contributed by atoms with E-state index in [2.05, 4.69) is 15.1 Å². The topological polar surface area (TPSA) is 35.6 Å². The third-order valence-corrected chi connectivity index (χ3v) is 4.03. The van der Waals surface area contributed by atoms with E-state index >= 15 is 0 Å². The van der Waals surface area contributed by atoms with E-state index in [0.717, 1.165) is 58.7 Å². The molecule has 18 heavy (non-hydrogen) atoms. The molecule has 1 amide bonds. The minimum atomic E-state index is 0.382. The van der Waals surface area contributed by atoms with Crippen LogP contribution in [0.4, 0.5) is 0 Å². The second-order valence-electron chi connectivity index (χ2n) is 5.49. The fraction of sp³-hybridized carbons (Fsp3) is 0.929. The Labute approximate surface area is 111 Å². The maximum atomic E-state index is 12.1. The molecular formula is C14H27N3O. The molecule has 2 aliphatic rings. The molecule has 4 heteroatoms. The Kier molecular flexibility index (Phi) is 5.94. The van der Waals surface area contributed by atoms with Crippen LogP contribution in [0.1, 0.15) is 38.5 Å². The lowest BCUT2D eigenvalue weighted by Gasteiger charge is -2.27. The number of nitrogens with zero attached hydrogens (tertiary/aromatic N) is 2. The molecule has 0 aromatic rings. The van der Waals surface area contributed by atoms with Crippen molar-refractivity contribution in [2.75, 3.05) is 45.8 Å². The van der Waals surface area contributed by atoms with Gasteiger partial charge in [-0.05, 0) is 25.8 Å². The van der Waals surface area contributed by atoms with Crippen molar-refractivity contribution < 1.29 is 4.79 Å². The van der Waals surface area contributed by atoms with Gasteiger partial charge in [0, 0.05) is 45.7 Å². The maximum Gasteiger partial charge on any atom is 0.222 e. The number of rotatable bonds is 4. The summed E-state index contributed by atoms with van der Waals surface area (Å²) in [6, 6.07) is 0. The smallest absolute Gasteiger partial charge is 0.222 e. The summed E-state index contributed by atoms with van der Waals surface area (Å²) in [5, 5.41) is 3.36. The summed E-state index contributed by atoms with van der Waals surface area (Å²) in [5.41, 5.74) is 0. The third kappa shape index (κ3) is 4.58. The van der Waals surface area contributed by atoms with E-state index in [1.165, 1.54) is 25.7 Å². The number of carbonyl (C=O) groups excluding carboxylic acids is 1. The lowest BCUT2D eigenvalue weighted by atomic mass is 10.2. The zero-order valence-electron chi connectivity index (χ0n) is 11.5. The Morgan fingerprint density at radius 3 is 2.28 bits per heavy atom. The highest BCUT2D eigenvalue weighted by molar-refractivity contribution is 5.76. The molecule has 2 rings (SSSR count). The highest BCUT2D eigenvalue weighted by atomic mass is 16.2. The summed E-state index contributed by atoms with van der Waals surface area (Å²) in [6.07, 6.45) is 6.75. The quantitative estimate of drug-likeness (QED) is 0.814. The molecule has 2 aliphatic heterocycles. The largest absolute Gasteiger partial charge is 0.343 e. The van der Waals surface area contributed by atoms with Crippen LogP contribution in [-0.2, 0) is 4.79 Å². The van der Waals surface area contributed by atoms with Crippen molar-refractivity contribution in [3.63, 3.8) is 0 Å². The maximum absolute atomic E-state index is 12.1. The van der Waals surface area contributed by atoms with Crippen molar-refractivity contribution in [2.45, 2.75) is 38.5 Å². The van der Waals surface area contributed by atoms with Crippen LogP contribution >= 0.6 is 0 Å². The van der Waals surface area contributed by atoms with E-state index in [-0.39, 0.29) is 0 Å². The fourth-order valence-corrected chi connectivity index (χ4v) is 2.87. The zero-order chi connectivity index (χ0) is 12.6. The van der Waals surface area contributed by atoms with E-state index in [4.69, 9.17) is 0 Å². The van der Waals surface area contributed by atoms with Gasteiger partial charge in [-0.15, -0.1) is 0 Å². The van der Waals surface area contributed by atoms with Crippen molar-refractivity contribution in [2.24, 2.45) is 0 Å². The van der Waals surface area contributed by atoms with Gasteiger partial charge in [0.1, 0.15) is 0 Å². The van der Waals surface area contributed by atoms with E-state index in [0.29, 0.717) is 5.91 Å². The fourth-order valence-electron chi connectivity index (χ4n) is 2.87. The van der Waals surface area contributed by atoms with Gasteiger partial charge in [-0.1, -0.05) is 12.8 Å². The lowest BCUT2D eigenvalue weighted by Crippen LogP contribution is -2.44. The number of carbonyl (C=O) groups is 1. The van der Waals surface area contributed by atoms with E-state index in [1.807, 2.05) is 0 Å². The first-order valence-corrected chi connectivity index (χ1v) is 7.57. The molecule has 0 bridgehead atoms. The first-order chi connectivity index (χ1) is 8.86. The normalized spacial score (nSPS) is 22.8. The SMILES string of the molecule is O=C(CCCN1CCNCC1)N1CCCCCC1. The Bertz CT molecular complexity index is 243. The Hall–Kier alpha value is -0.610. The van der Waals surface area contributed by atoms with Crippen LogP contribution in [-0.4, -0.2) is 61.5 Å². The van der Waals surface area contributed by atoms with E-state index in [9.17, 15) is 4.79 Å². The Balaban J connectivity index is 1.61. The highest BCUT2D eigenvalue weighted by Gasteiger charge is 2.16. The van der Waals surface area contributed by atoms with Crippen LogP contribution < -0.4 is 5.32 Å². The van der Waals surface area contributed by atoms with Gasteiger partial charge in [-0.25, -0.2) is 0 Å². The zero-order valence-corrected chi connectivity index (χ0v) is 11.5. The molecule has 0 spiro atoms. The van der Waals surface area contributed by atoms with Crippen LogP contribution in [0, 0.1) is 0 Å². The number of hydrogen-bond acceptors (Lipinski definition) is 3. The summed E-state index contributed by atoms with van der Waals surface area (Å²) < 4.78 is 0. The second-order valence-corrected chi connectivity index (χ2v) is 5.49.